The van der Waals surface area contributed by atoms with Gasteiger partial charge in [-0.25, -0.2) is 0 Å². The fourth-order valence-electron chi connectivity index (χ4n) is 2.62. The average Bonchev–Trinajstić information content (AvgIpc) is 2.88. The van der Waals surface area contributed by atoms with Gasteiger partial charge in [0, 0.05) is 19.2 Å². The molecule has 0 amide bonds. The number of aliphatic hydroxyl groups excluding tert-OH is 1. The highest BCUT2D eigenvalue weighted by molar-refractivity contribution is 5.45. The van der Waals surface area contributed by atoms with Crippen LogP contribution in [0.3, 0.4) is 0 Å². The Bertz CT molecular complexity index is 459. The molecule has 0 bridgehead atoms. The van der Waals surface area contributed by atoms with Crippen molar-refractivity contribution in [2.75, 3.05) is 19.9 Å². The van der Waals surface area contributed by atoms with Gasteiger partial charge in [-0.05, 0) is 37.5 Å². The summed E-state index contributed by atoms with van der Waals surface area (Å²) in [7, 11) is 0. The fourth-order valence-corrected chi connectivity index (χ4v) is 2.62. The van der Waals surface area contributed by atoms with E-state index in [1.165, 1.54) is 0 Å². The molecule has 1 unspecified atom stereocenters. The van der Waals surface area contributed by atoms with Crippen molar-refractivity contribution < 1.29 is 19.3 Å². The number of fused-ring (bicyclic) bond motifs is 1. The molecule has 20 heavy (non-hydrogen) atoms. The molecule has 1 aliphatic carbocycles. The van der Waals surface area contributed by atoms with Crippen LogP contribution in [0.15, 0.2) is 18.2 Å². The Morgan fingerprint density at radius 2 is 2.15 bits per heavy atom. The van der Waals surface area contributed by atoms with Crippen LogP contribution in [0.25, 0.3) is 0 Å². The first-order valence-electron chi connectivity index (χ1n) is 7.19. The van der Waals surface area contributed by atoms with E-state index in [0.29, 0.717) is 24.4 Å². The molecule has 0 saturated heterocycles. The summed E-state index contributed by atoms with van der Waals surface area (Å²) in [6.07, 6.45) is 1.92. The van der Waals surface area contributed by atoms with Crippen LogP contribution in [0.1, 0.15) is 31.4 Å². The lowest BCUT2D eigenvalue weighted by molar-refractivity contribution is -0.0123. The van der Waals surface area contributed by atoms with Gasteiger partial charge in [0.2, 0.25) is 6.79 Å². The summed E-state index contributed by atoms with van der Waals surface area (Å²) >= 11 is 0. The topological polar surface area (TPSA) is 60.0 Å². The summed E-state index contributed by atoms with van der Waals surface area (Å²) in [6, 6.07) is 6.02. The first kappa shape index (κ1) is 13.7. The molecular formula is C15H21NO4. The minimum atomic E-state index is -0.532. The maximum absolute atomic E-state index is 10.2. The maximum Gasteiger partial charge on any atom is 0.231 e. The monoisotopic (exact) mass is 279 g/mol. The zero-order valence-corrected chi connectivity index (χ0v) is 11.7. The molecule has 1 aromatic rings. The molecule has 1 aromatic carbocycles. The maximum atomic E-state index is 10.2. The second-order valence-corrected chi connectivity index (χ2v) is 5.28. The van der Waals surface area contributed by atoms with Crippen molar-refractivity contribution in [1.82, 2.24) is 5.32 Å². The van der Waals surface area contributed by atoms with Crippen molar-refractivity contribution in [2.45, 2.75) is 38.0 Å². The summed E-state index contributed by atoms with van der Waals surface area (Å²) < 4.78 is 16.1. The fraction of sp³-hybridized carbons (Fsp3) is 0.600. The number of ether oxygens (including phenoxy) is 3. The highest BCUT2D eigenvalue weighted by Crippen LogP contribution is 2.34. The molecule has 0 radical (unpaired) electrons. The van der Waals surface area contributed by atoms with Crippen LogP contribution in [0.2, 0.25) is 0 Å². The molecule has 5 heteroatoms. The molecule has 1 atom stereocenters. The van der Waals surface area contributed by atoms with E-state index in [0.717, 1.165) is 30.8 Å². The highest BCUT2D eigenvalue weighted by Gasteiger charge is 2.29. The normalized spacial score (nSPS) is 25.3. The van der Waals surface area contributed by atoms with Crippen LogP contribution < -0.4 is 14.8 Å². The van der Waals surface area contributed by atoms with Crippen LogP contribution in [0.4, 0.5) is 0 Å². The predicted octanol–water partition coefficient (Wildman–Crippen LogP) is 1.61. The van der Waals surface area contributed by atoms with Crippen LogP contribution in [0.5, 0.6) is 11.5 Å². The zero-order chi connectivity index (χ0) is 13.9. The number of hydrogen-bond donors (Lipinski definition) is 2. The minimum Gasteiger partial charge on any atom is -0.454 e. The lowest BCUT2D eigenvalue weighted by atomic mass is 9.89. The van der Waals surface area contributed by atoms with Crippen molar-refractivity contribution in [2.24, 2.45) is 0 Å². The van der Waals surface area contributed by atoms with Gasteiger partial charge in [-0.3, -0.25) is 0 Å². The standard InChI is InChI=1S/C15H21NO4/c1-2-18-12-6-11(7-12)16-8-13(17)10-3-4-14-15(5-10)20-9-19-14/h3-5,11-13,16-17H,2,6-9H2,1H3. The zero-order valence-electron chi connectivity index (χ0n) is 11.7. The number of rotatable bonds is 6. The quantitative estimate of drug-likeness (QED) is 0.828. The van der Waals surface area contributed by atoms with Gasteiger partial charge in [0.25, 0.3) is 0 Å². The Labute approximate surface area is 118 Å². The largest absolute Gasteiger partial charge is 0.454 e. The van der Waals surface area contributed by atoms with Gasteiger partial charge in [-0.15, -0.1) is 0 Å². The first-order valence-corrected chi connectivity index (χ1v) is 7.19. The Morgan fingerprint density at radius 3 is 2.95 bits per heavy atom. The summed E-state index contributed by atoms with van der Waals surface area (Å²) in [5.74, 6) is 1.45. The van der Waals surface area contributed by atoms with Crippen molar-refractivity contribution >= 4 is 0 Å². The van der Waals surface area contributed by atoms with Crippen LogP contribution in [-0.4, -0.2) is 37.2 Å². The third kappa shape index (κ3) is 2.90. The molecule has 0 spiro atoms. The van der Waals surface area contributed by atoms with Gasteiger partial charge < -0.3 is 24.6 Å². The Kier molecular flexibility index (Phi) is 4.10. The second-order valence-electron chi connectivity index (χ2n) is 5.28. The summed E-state index contributed by atoms with van der Waals surface area (Å²) in [5, 5.41) is 13.6. The van der Waals surface area contributed by atoms with E-state index in [9.17, 15) is 5.11 Å². The number of hydrogen-bond acceptors (Lipinski definition) is 5. The molecule has 1 saturated carbocycles. The molecule has 1 heterocycles. The van der Waals surface area contributed by atoms with Crippen LogP contribution in [-0.2, 0) is 4.74 Å². The Hall–Kier alpha value is -1.30. The molecule has 2 aliphatic rings. The molecule has 3 rings (SSSR count). The van der Waals surface area contributed by atoms with Crippen LogP contribution in [0, 0.1) is 0 Å². The van der Waals surface area contributed by atoms with Crippen molar-refractivity contribution in [3.05, 3.63) is 23.8 Å². The van der Waals surface area contributed by atoms with E-state index in [1.54, 1.807) is 0 Å². The van der Waals surface area contributed by atoms with Crippen molar-refractivity contribution in [1.29, 1.82) is 0 Å². The van der Waals surface area contributed by atoms with Gasteiger partial charge in [0.1, 0.15) is 0 Å². The molecule has 2 N–H and O–H groups in total. The van der Waals surface area contributed by atoms with Crippen molar-refractivity contribution in [3.8, 4) is 11.5 Å². The Morgan fingerprint density at radius 1 is 1.35 bits per heavy atom. The number of benzene rings is 1. The highest BCUT2D eigenvalue weighted by atomic mass is 16.7. The SMILES string of the molecule is CCOC1CC(NCC(O)c2ccc3c(c2)OCO3)C1. The van der Waals surface area contributed by atoms with Gasteiger partial charge in [-0.2, -0.15) is 0 Å². The smallest absolute Gasteiger partial charge is 0.231 e. The molecule has 0 aromatic heterocycles. The van der Waals surface area contributed by atoms with Gasteiger partial charge in [0.05, 0.1) is 12.2 Å². The third-order valence-corrected chi connectivity index (χ3v) is 3.88. The van der Waals surface area contributed by atoms with E-state index in [-0.39, 0.29) is 6.79 Å². The van der Waals surface area contributed by atoms with Crippen LogP contribution >= 0.6 is 0 Å². The molecular weight excluding hydrogens is 258 g/mol. The molecule has 110 valence electrons. The third-order valence-electron chi connectivity index (χ3n) is 3.88. The number of nitrogens with one attached hydrogen (secondary N) is 1. The lowest BCUT2D eigenvalue weighted by Gasteiger charge is -2.36. The molecule has 5 nitrogen and oxygen atoms in total. The van der Waals surface area contributed by atoms with E-state index < -0.39 is 6.10 Å². The first-order chi connectivity index (χ1) is 9.76. The van der Waals surface area contributed by atoms with Crippen molar-refractivity contribution in [3.63, 3.8) is 0 Å². The molecule has 1 aliphatic heterocycles. The van der Waals surface area contributed by atoms with E-state index in [1.807, 2.05) is 25.1 Å². The van der Waals surface area contributed by atoms with Gasteiger partial charge in [-0.1, -0.05) is 6.07 Å². The summed E-state index contributed by atoms with van der Waals surface area (Å²) in [4.78, 5) is 0. The predicted molar refractivity (Wildman–Crippen MR) is 74.0 cm³/mol. The summed E-state index contributed by atoms with van der Waals surface area (Å²) in [5.41, 5.74) is 0.849. The molecule has 1 fully saturated rings. The van der Waals surface area contributed by atoms with Gasteiger partial charge in [0.15, 0.2) is 11.5 Å². The van der Waals surface area contributed by atoms with Gasteiger partial charge >= 0.3 is 0 Å². The lowest BCUT2D eigenvalue weighted by Crippen LogP contribution is -2.46. The average molecular weight is 279 g/mol. The van der Waals surface area contributed by atoms with E-state index in [2.05, 4.69) is 5.32 Å². The minimum absolute atomic E-state index is 0.258. The number of aliphatic hydroxyl groups is 1. The van der Waals surface area contributed by atoms with E-state index in [4.69, 9.17) is 14.2 Å². The Balaban J connectivity index is 1.46. The second kappa shape index (κ2) is 5.99. The summed E-state index contributed by atoms with van der Waals surface area (Å²) in [6.45, 7) is 3.60. The van der Waals surface area contributed by atoms with E-state index >= 15 is 0 Å².